The average Bonchev–Trinajstić information content (AvgIpc) is 3.05. The van der Waals surface area contributed by atoms with E-state index in [9.17, 15) is 9.90 Å². The van der Waals surface area contributed by atoms with Crippen LogP contribution in [0.15, 0.2) is 24.3 Å². The van der Waals surface area contributed by atoms with Crippen LogP contribution < -0.4 is 9.47 Å². The number of phenolic OH excluding ortho intramolecular Hbond substituents is 1. The summed E-state index contributed by atoms with van der Waals surface area (Å²) in [5.74, 6) is 0.449. The second-order valence-corrected chi connectivity index (χ2v) is 6.58. The number of ether oxygens (including phenoxy) is 2. The van der Waals surface area contributed by atoms with Crippen LogP contribution >= 0.6 is 34.8 Å². The van der Waals surface area contributed by atoms with E-state index in [4.69, 9.17) is 44.3 Å². The van der Waals surface area contributed by atoms with E-state index in [1.807, 2.05) is 19.1 Å². The highest BCUT2D eigenvalue weighted by molar-refractivity contribution is 6.45. The van der Waals surface area contributed by atoms with Gasteiger partial charge in [-0.25, -0.2) is 0 Å². The second-order valence-electron chi connectivity index (χ2n) is 5.38. The number of nitrogens with zero attached hydrogens (tertiary/aromatic N) is 1. The Morgan fingerprint density at radius 3 is 2.60 bits per heavy atom. The maximum absolute atomic E-state index is 12.9. The summed E-state index contributed by atoms with van der Waals surface area (Å²) < 4.78 is 10.6. The SMILES string of the molecule is CCN(Cc1ccc2c(c1)OCO2)C(=O)c1c(O)c(Cl)cc(Cl)c1Cl. The van der Waals surface area contributed by atoms with Crippen molar-refractivity contribution in [3.8, 4) is 17.2 Å². The zero-order valence-electron chi connectivity index (χ0n) is 13.2. The summed E-state index contributed by atoms with van der Waals surface area (Å²) in [6.45, 7) is 2.70. The van der Waals surface area contributed by atoms with Crippen molar-refractivity contribution in [2.75, 3.05) is 13.3 Å². The van der Waals surface area contributed by atoms with Crippen LogP contribution in [0.2, 0.25) is 15.1 Å². The van der Waals surface area contributed by atoms with Crippen LogP contribution in [0.25, 0.3) is 0 Å². The van der Waals surface area contributed by atoms with Gasteiger partial charge in [-0.05, 0) is 30.7 Å². The number of phenols is 1. The largest absolute Gasteiger partial charge is 0.505 e. The van der Waals surface area contributed by atoms with Crippen LogP contribution in [-0.4, -0.2) is 29.3 Å². The molecule has 2 aromatic rings. The van der Waals surface area contributed by atoms with Gasteiger partial charge in [0.2, 0.25) is 6.79 Å². The van der Waals surface area contributed by atoms with Crippen molar-refractivity contribution in [2.24, 2.45) is 0 Å². The van der Waals surface area contributed by atoms with Gasteiger partial charge < -0.3 is 19.5 Å². The smallest absolute Gasteiger partial charge is 0.259 e. The molecule has 132 valence electrons. The molecule has 0 saturated heterocycles. The Hall–Kier alpha value is -1.82. The van der Waals surface area contributed by atoms with Crippen molar-refractivity contribution in [2.45, 2.75) is 13.5 Å². The van der Waals surface area contributed by atoms with E-state index in [1.165, 1.54) is 11.0 Å². The first-order chi connectivity index (χ1) is 11.9. The normalized spacial score (nSPS) is 12.3. The number of hydrogen-bond acceptors (Lipinski definition) is 4. The van der Waals surface area contributed by atoms with Gasteiger partial charge in [0.15, 0.2) is 11.5 Å². The number of benzene rings is 2. The van der Waals surface area contributed by atoms with E-state index in [0.29, 0.717) is 24.6 Å². The molecule has 1 N–H and O–H groups in total. The molecule has 1 aliphatic heterocycles. The molecule has 0 unspecified atom stereocenters. The molecule has 0 fully saturated rings. The van der Waals surface area contributed by atoms with Gasteiger partial charge in [-0.15, -0.1) is 0 Å². The molecule has 0 aromatic heterocycles. The van der Waals surface area contributed by atoms with E-state index < -0.39 is 5.91 Å². The van der Waals surface area contributed by atoms with Crippen LogP contribution in [0.3, 0.4) is 0 Å². The van der Waals surface area contributed by atoms with Crippen molar-refractivity contribution in [1.29, 1.82) is 0 Å². The summed E-state index contributed by atoms with van der Waals surface area (Å²) >= 11 is 18.0. The summed E-state index contributed by atoms with van der Waals surface area (Å²) in [6, 6.07) is 6.74. The molecule has 1 heterocycles. The third-order valence-corrected chi connectivity index (χ3v) is 4.91. The van der Waals surface area contributed by atoms with E-state index in [-0.39, 0.29) is 33.2 Å². The summed E-state index contributed by atoms with van der Waals surface area (Å²) in [7, 11) is 0. The lowest BCUT2D eigenvalue weighted by atomic mass is 10.1. The molecule has 5 nitrogen and oxygen atoms in total. The lowest BCUT2D eigenvalue weighted by Crippen LogP contribution is -2.30. The molecule has 0 atom stereocenters. The summed E-state index contributed by atoms with van der Waals surface area (Å²) in [4.78, 5) is 14.4. The minimum Gasteiger partial charge on any atom is -0.505 e. The first kappa shape index (κ1) is 18.0. The molecule has 3 rings (SSSR count). The minimum atomic E-state index is -0.466. The van der Waals surface area contributed by atoms with Crippen molar-refractivity contribution in [3.63, 3.8) is 0 Å². The van der Waals surface area contributed by atoms with Crippen molar-refractivity contribution < 1.29 is 19.4 Å². The Labute approximate surface area is 159 Å². The summed E-state index contributed by atoms with van der Waals surface area (Å²) in [5.41, 5.74) is 0.741. The average molecular weight is 403 g/mol. The van der Waals surface area contributed by atoms with Gasteiger partial charge in [0, 0.05) is 13.1 Å². The first-order valence-corrected chi connectivity index (χ1v) is 8.60. The van der Waals surface area contributed by atoms with Gasteiger partial charge in [0.1, 0.15) is 11.3 Å². The van der Waals surface area contributed by atoms with Gasteiger partial charge in [-0.1, -0.05) is 40.9 Å². The zero-order valence-corrected chi connectivity index (χ0v) is 15.5. The summed E-state index contributed by atoms with van der Waals surface area (Å²) in [6.07, 6.45) is 0. The van der Waals surface area contributed by atoms with E-state index in [1.54, 1.807) is 6.07 Å². The van der Waals surface area contributed by atoms with Gasteiger partial charge in [-0.3, -0.25) is 4.79 Å². The fourth-order valence-corrected chi connectivity index (χ4v) is 3.21. The van der Waals surface area contributed by atoms with Gasteiger partial charge >= 0.3 is 0 Å². The predicted molar refractivity (Wildman–Crippen MR) is 96.1 cm³/mol. The lowest BCUT2D eigenvalue weighted by Gasteiger charge is -2.22. The topological polar surface area (TPSA) is 59.0 Å². The summed E-state index contributed by atoms with van der Waals surface area (Å²) in [5, 5.41) is 10.2. The molecule has 1 amide bonds. The predicted octanol–water partition coefficient (Wildman–Crippen LogP) is 4.74. The molecule has 0 spiro atoms. The van der Waals surface area contributed by atoms with Crippen molar-refractivity contribution >= 4 is 40.7 Å². The van der Waals surface area contributed by atoms with Crippen LogP contribution in [-0.2, 0) is 6.54 Å². The number of hydrogen-bond donors (Lipinski definition) is 1. The lowest BCUT2D eigenvalue weighted by molar-refractivity contribution is 0.0749. The molecule has 1 aliphatic rings. The standard InChI is InChI=1S/C17H14Cl3NO4/c1-2-21(7-9-3-4-12-13(5-9)25-8-24-12)17(23)14-15(20)10(18)6-11(19)16(14)22/h3-6,22H,2,7-8H2,1H3. The highest BCUT2D eigenvalue weighted by Crippen LogP contribution is 2.39. The molecular weight excluding hydrogens is 389 g/mol. The number of aromatic hydroxyl groups is 1. The zero-order chi connectivity index (χ0) is 18.1. The number of amides is 1. The molecule has 8 heteroatoms. The fourth-order valence-electron chi connectivity index (χ4n) is 2.53. The monoisotopic (exact) mass is 401 g/mol. The molecular formula is C17H14Cl3NO4. The Bertz CT molecular complexity index is 815. The van der Waals surface area contributed by atoms with E-state index in [0.717, 1.165) is 5.56 Å². The maximum Gasteiger partial charge on any atom is 0.259 e. The molecule has 0 bridgehead atoms. The molecule has 0 radical (unpaired) electrons. The molecule has 0 aliphatic carbocycles. The number of carbonyl (C=O) groups excluding carboxylic acids is 1. The molecule has 0 saturated carbocycles. The van der Waals surface area contributed by atoms with Crippen LogP contribution in [0, 0.1) is 0 Å². The number of rotatable bonds is 4. The number of carbonyl (C=O) groups is 1. The highest BCUT2D eigenvalue weighted by atomic mass is 35.5. The number of halogens is 3. The van der Waals surface area contributed by atoms with Crippen LogP contribution in [0.1, 0.15) is 22.8 Å². The quantitative estimate of drug-likeness (QED) is 0.750. The minimum absolute atomic E-state index is 0.0299. The second kappa shape index (κ2) is 7.20. The van der Waals surface area contributed by atoms with Crippen LogP contribution in [0.5, 0.6) is 17.2 Å². The Kier molecular flexibility index (Phi) is 5.18. The molecule has 25 heavy (non-hydrogen) atoms. The van der Waals surface area contributed by atoms with Crippen molar-refractivity contribution in [3.05, 3.63) is 50.5 Å². The van der Waals surface area contributed by atoms with Gasteiger partial charge in [0.05, 0.1) is 15.1 Å². The van der Waals surface area contributed by atoms with E-state index >= 15 is 0 Å². The van der Waals surface area contributed by atoms with Gasteiger partial charge in [0.25, 0.3) is 5.91 Å². The third-order valence-electron chi connectivity index (χ3n) is 3.84. The van der Waals surface area contributed by atoms with Crippen LogP contribution in [0.4, 0.5) is 0 Å². The van der Waals surface area contributed by atoms with Crippen molar-refractivity contribution in [1.82, 2.24) is 4.90 Å². The Balaban J connectivity index is 1.90. The van der Waals surface area contributed by atoms with Gasteiger partial charge in [-0.2, -0.15) is 0 Å². The van der Waals surface area contributed by atoms with E-state index in [2.05, 4.69) is 0 Å². The third kappa shape index (κ3) is 3.45. The fraction of sp³-hybridized carbons (Fsp3) is 0.235. The Morgan fingerprint density at radius 1 is 1.16 bits per heavy atom. The molecule has 2 aromatic carbocycles. The highest BCUT2D eigenvalue weighted by Gasteiger charge is 2.25. The number of fused-ring (bicyclic) bond motifs is 1. The Morgan fingerprint density at radius 2 is 1.88 bits per heavy atom. The maximum atomic E-state index is 12.9. The first-order valence-electron chi connectivity index (χ1n) is 7.46.